The Kier molecular flexibility index (Phi) is 6.12. The second-order valence-electron chi connectivity index (χ2n) is 5.37. The van der Waals surface area contributed by atoms with E-state index in [-0.39, 0.29) is 11.8 Å². The number of rotatable bonds is 8. The van der Waals surface area contributed by atoms with E-state index in [9.17, 15) is 8.42 Å². The van der Waals surface area contributed by atoms with Crippen LogP contribution >= 0.6 is 0 Å². The Morgan fingerprint density at radius 2 is 1.87 bits per heavy atom. The average molecular weight is 333 g/mol. The zero-order chi connectivity index (χ0) is 16.7. The minimum absolute atomic E-state index is 0.0697. The van der Waals surface area contributed by atoms with Crippen molar-refractivity contribution in [1.82, 2.24) is 10.3 Å². The zero-order valence-electron chi connectivity index (χ0n) is 13.5. The van der Waals surface area contributed by atoms with Crippen LogP contribution in [-0.2, 0) is 16.4 Å². The number of hydrogen-bond donors (Lipinski definition) is 2. The van der Waals surface area contributed by atoms with Crippen molar-refractivity contribution in [2.45, 2.75) is 26.3 Å². The molecule has 5 nitrogen and oxygen atoms in total. The summed E-state index contributed by atoms with van der Waals surface area (Å²) in [5.41, 5.74) is 2.78. The number of anilines is 1. The summed E-state index contributed by atoms with van der Waals surface area (Å²) < 4.78 is 25.6. The number of aromatic nitrogens is 1. The maximum Gasteiger partial charge on any atom is 0.232 e. The monoisotopic (exact) mass is 333 g/mol. The number of benzene rings is 1. The molecule has 2 rings (SSSR count). The normalized spacial score (nSPS) is 12.8. The Morgan fingerprint density at radius 1 is 1.13 bits per heavy atom. The van der Waals surface area contributed by atoms with Gasteiger partial charge in [-0.3, -0.25) is 9.71 Å². The molecular formula is C17H23N3O2S. The molecule has 124 valence electrons. The van der Waals surface area contributed by atoms with Crippen LogP contribution in [0.2, 0.25) is 0 Å². The molecule has 1 heterocycles. The van der Waals surface area contributed by atoms with Crippen LogP contribution in [0.25, 0.3) is 0 Å². The Labute approximate surface area is 138 Å². The van der Waals surface area contributed by atoms with Crippen molar-refractivity contribution in [3.05, 3.63) is 59.9 Å². The van der Waals surface area contributed by atoms with E-state index >= 15 is 0 Å². The van der Waals surface area contributed by atoms with Crippen molar-refractivity contribution in [2.75, 3.05) is 17.0 Å². The lowest BCUT2D eigenvalue weighted by molar-refractivity contribution is 0.574. The molecule has 2 aromatic rings. The highest BCUT2D eigenvalue weighted by Crippen LogP contribution is 2.17. The van der Waals surface area contributed by atoms with Gasteiger partial charge in [-0.25, -0.2) is 8.42 Å². The first-order valence-electron chi connectivity index (χ1n) is 7.74. The fourth-order valence-corrected chi connectivity index (χ4v) is 2.81. The van der Waals surface area contributed by atoms with Gasteiger partial charge >= 0.3 is 0 Å². The third-order valence-electron chi connectivity index (χ3n) is 3.62. The van der Waals surface area contributed by atoms with Gasteiger partial charge in [0.1, 0.15) is 0 Å². The first-order valence-corrected chi connectivity index (χ1v) is 9.39. The number of hydrogen-bond acceptors (Lipinski definition) is 4. The van der Waals surface area contributed by atoms with Crippen LogP contribution in [0.1, 0.15) is 31.1 Å². The van der Waals surface area contributed by atoms with Gasteiger partial charge in [0, 0.05) is 36.6 Å². The molecule has 1 unspecified atom stereocenters. The van der Waals surface area contributed by atoms with Gasteiger partial charge in [-0.2, -0.15) is 0 Å². The molecule has 0 aliphatic carbocycles. The van der Waals surface area contributed by atoms with E-state index in [1.807, 2.05) is 30.3 Å². The second kappa shape index (κ2) is 8.08. The van der Waals surface area contributed by atoms with Crippen molar-refractivity contribution < 1.29 is 8.42 Å². The molecule has 1 atom stereocenters. The quantitative estimate of drug-likeness (QED) is 0.779. The predicted molar refractivity (Wildman–Crippen MR) is 93.9 cm³/mol. The van der Waals surface area contributed by atoms with Gasteiger partial charge in [-0.15, -0.1) is 0 Å². The maximum absolute atomic E-state index is 11.5. The molecule has 1 aromatic carbocycles. The Balaban J connectivity index is 1.86. The summed E-state index contributed by atoms with van der Waals surface area (Å²) in [6.07, 6.45) is 2.68. The van der Waals surface area contributed by atoms with E-state index in [1.165, 1.54) is 0 Å². The standard InChI is InChI=1S/C17H23N3O2S/c1-3-23(21,22)20-17-9-7-15(8-10-17)14(2)18-13-11-16-6-4-5-12-19-16/h4-10,12,14,18,20H,3,11,13H2,1-2H3. The summed E-state index contributed by atoms with van der Waals surface area (Å²) in [6, 6.07) is 13.6. The fourth-order valence-electron chi connectivity index (χ4n) is 2.17. The molecule has 0 aliphatic rings. The van der Waals surface area contributed by atoms with E-state index in [0.29, 0.717) is 5.69 Å². The minimum Gasteiger partial charge on any atom is -0.310 e. The van der Waals surface area contributed by atoms with Crippen molar-refractivity contribution in [2.24, 2.45) is 0 Å². The van der Waals surface area contributed by atoms with Gasteiger partial charge in [0.15, 0.2) is 0 Å². The number of pyridine rings is 1. The van der Waals surface area contributed by atoms with Crippen LogP contribution in [0.5, 0.6) is 0 Å². The maximum atomic E-state index is 11.5. The first kappa shape index (κ1) is 17.4. The van der Waals surface area contributed by atoms with Crippen molar-refractivity contribution in [3.8, 4) is 0 Å². The topological polar surface area (TPSA) is 71.1 Å². The van der Waals surface area contributed by atoms with Crippen LogP contribution in [0.3, 0.4) is 0 Å². The molecule has 0 fully saturated rings. The van der Waals surface area contributed by atoms with E-state index in [4.69, 9.17) is 0 Å². The zero-order valence-corrected chi connectivity index (χ0v) is 14.3. The Hall–Kier alpha value is -1.92. The van der Waals surface area contributed by atoms with Crippen LogP contribution < -0.4 is 10.0 Å². The van der Waals surface area contributed by atoms with Gasteiger partial charge < -0.3 is 5.32 Å². The molecule has 0 bridgehead atoms. The molecule has 0 amide bonds. The lowest BCUT2D eigenvalue weighted by atomic mass is 10.1. The van der Waals surface area contributed by atoms with Gasteiger partial charge in [-0.1, -0.05) is 18.2 Å². The van der Waals surface area contributed by atoms with E-state index in [1.54, 1.807) is 25.3 Å². The molecule has 0 radical (unpaired) electrons. The second-order valence-corrected chi connectivity index (χ2v) is 7.39. The van der Waals surface area contributed by atoms with Gasteiger partial charge in [0.05, 0.1) is 5.75 Å². The van der Waals surface area contributed by atoms with E-state index < -0.39 is 10.0 Å². The van der Waals surface area contributed by atoms with E-state index in [2.05, 4.69) is 21.9 Å². The number of sulfonamides is 1. The average Bonchev–Trinajstić information content (AvgIpc) is 2.56. The third-order valence-corrected chi connectivity index (χ3v) is 4.93. The lowest BCUT2D eigenvalue weighted by Crippen LogP contribution is -2.21. The fraction of sp³-hybridized carbons (Fsp3) is 0.353. The summed E-state index contributed by atoms with van der Waals surface area (Å²) in [6.45, 7) is 4.54. The number of nitrogens with one attached hydrogen (secondary N) is 2. The third kappa shape index (κ3) is 5.65. The SMILES string of the molecule is CCS(=O)(=O)Nc1ccc(C(C)NCCc2ccccn2)cc1. The molecule has 2 N–H and O–H groups in total. The highest BCUT2D eigenvalue weighted by Gasteiger charge is 2.08. The number of nitrogens with zero attached hydrogens (tertiary/aromatic N) is 1. The summed E-state index contributed by atoms with van der Waals surface area (Å²) in [5.74, 6) is 0.0697. The molecule has 0 aliphatic heterocycles. The molecule has 0 saturated carbocycles. The molecular weight excluding hydrogens is 310 g/mol. The smallest absolute Gasteiger partial charge is 0.232 e. The summed E-state index contributed by atoms with van der Waals surface area (Å²) in [5, 5.41) is 3.45. The van der Waals surface area contributed by atoms with Crippen LogP contribution in [-0.4, -0.2) is 25.7 Å². The highest BCUT2D eigenvalue weighted by molar-refractivity contribution is 7.92. The predicted octanol–water partition coefficient (Wildman–Crippen LogP) is 2.74. The van der Waals surface area contributed by atoms with Crippen LogP contribution in [0, 0.1) is 0 Å². The van der Waals surface area contributed by atoms with Gasteiger partial charge in [-0.05, 0) is 43.7 Å². The van der Waals surface area contributed by atoms with Crippen LogP contribution in [0.4, 0.5) is 5.69 Å². The summed E-state index contributed by atoms with van der Waals surface area (Å²) in [4.78, 5) is 4.30. The molecule has 6 heteroatoms. The van der Waals surface area contributed by atoms with Crippen molar-refractivity contribution >= 4 is 15.7 Å². The minimum atomic E-state index is -3.22. The van der Waals surface area contributed by atoms with Crippen molar-refractivity contribution in [1.29, 1.82) is 0 Å². The molecule has 0 saturated heterocycles. The largest absolute Gasteiger partial charge is 0.310 e. The summed E-state index contributed by atoms with van der Waals surface area (Å²) >= 11 is 0. The Morgan fingerprint density at radius 3 is 2.48 bits per heavy atom. The summed E-state index contributed by atoms with van der Waals surface area (Å²) in [7, 11) is -3.22. The van der Waals surface area contributed by atoms with Crippen LogP contribution in [0.15, 0.2) is 48.7 Å². The highest BCUT2D eigenvalue weighted by atomic mass is 32.2. The van der Waals surface area contributed by atoms with Gasteiger partial charge in [0.2, 0.25) is 10.0 Å². The Bertz CT molecular complexity index is 700. The molecule has 1 aromatic heterocycles. The lowest BCUT2D eigenvalue weighted by Gasteiger charge is -2.15. The molecule has 0 spiro atoms. The van der Waals surface area contributed by atoms with Crippen molar-refractivity contribution in [3.63, 3.8) is 0 Å². The first-order chi connectivity index (χ1) is 11.0. The van der Waals surface area contributed by atoms with E-state index in [0.717, 1.165) is 24.2 Å². The molecule has 23 heavy (non-hydrogen) atoms. The van der Waals surface area contributed by atoms with Gasteiger partial charge in [0.25, 0.3) is 0 Å².